The van der Waals surface area contributed by atoms with Gasteiger partial charge in [-0.15, -0.1) is 0 Å². The zero-order valence-corrected chi connectivity index (χ0v) is 16.2. The predicted molar refractivity (Wildman–Crippen MR) is 97.1 cm³/mol. The fraction of sp³-hybridized carbons (Fsp3) is 0.750. The molecular formula is C12H21F3N4O3S3. The van der Waals surface area contributed by atoms with E-state index < -0.39 is 52.4 Å². The zero-order chi connectivity index (χ0) is 19.9. The van der Waals surface area contributed by atoms with Crippen molar-refractivity contribution in [1.29, 1.82) is 0 Å². The Morgan fingerprint density at radius 2 is 1.16 bits per heavy atom. The van der Waals surface area contributed by atoms with Gasteiger partial charge in [0.05, 0.1) is 11.5 Å². The van der Waals surface area contributed by atoms with Gasteiger partial charge >= 0.3 is 0 Å². The highest BCUT2D eigenvalue weighted by molar-refractivity contribution is 7.80. The summed E-state index contributed by atoms with van der Waals surface area (Å²) in [5.74, 6) is -16.1. The van der Waals surface area contributed by atoms with Gasteiger partial charge in [-0.1, -0.05) is 6.92 Å². The third-order valence-corrected chi connectivity index (χ3v) is 4.35. The number of nitrogens with one attached hydrogen (secondary N) is 4. The molecular weight excluding hydrogens is 401 g/mol. The van der Waals surface area contributed by atoms with Gasteiger partial charge in [0.25, 0.3) is 29.3 Å². The van der Waals surface area contributed by atoms with Gasteiger partial charge in [0.15, 0.2) is 0 Å². The molecule has 13 heteroatoms. The third kappa shape index (κ3) is 5.86. The molecule has 0 heterocycles. The van der Waals surface area contributed by atoms with Crippen LogP contribution in [0.1, 0.15) is 6.92 Å². The molecule has 0 fully saturated rings. The molecule has 1 unspecified atom stereocenters. The molecule has 0 aliphatic heterocycles. The Labute approximate surface area is 159 Å². The second-order valence-corrected chi connectivity index (χ2v) is 5.84. The summed E-state index contributed by atoms with van der Waals surface area (Å²) in [7, 11) is 1.09. The van der Waals surface area contributed by atoms with Crippen LogP contribution in [-0.2, 0) is 14.4 Å². The molecule has 0 rings (SSSR count). The van der Waals surface area contributed by atoms with Crippen molar-refractivity contribution < 1.29 is 27.6 Å². The number of thiol groups is 3. The lowest BCUT2D eigenvalue weighted by atomic mass is 10.1. The minimum absolute atomic E-state index is 0.0146. The third-order valence-electron chi connectivity index (χ3n) is 3.04. The average Bonchev–Trinajstić information content (AvgIpc) is 2.60. The summed E-state index contributed by atoms with van der Waals surface area (Å²) in [6.45, 7) is 1.51. The number of hydrogen-bond acceptors (Lipinski definition) is 7. The number of alkyl halides is 3. The molecule has 7 nitrogen and oxygen atoms in total. The molecule has 0 saturated carbocycles. The second kappa shape index (κ2) is 9.78. The van der Waals surface area contributed by atoms with Crippen LogP contribution in [0.25, 0.3) is 0 Å². The molecule has 0 aliphatic rings. The van der Waals surface area contributed by atoms with Gasteiger partial charge < -0.3 is 16.0 Å². The minimum Gasteiger partial charge on any atom is -0.355 e. The fourth-order valence-corrected chi connectivity index (χ4v) is 2.28. The number of likely N-dealkylation sites (N-methyl/N-ethyl adjacent to an activating group) is 2. The summed E-state index contributed by atoms with van der Waals surface area (Å²) in [4.78, 5) is 35.5. The normalized spacial score (nSPS) is 18.2. The Balaban J connectivity index is 5.42. The van der Waals surface area contributed by atoms with Gasteiger partial charge in [-0.3, -0.25) is 19.7 Å². The molecule has 0 aromatic heterocycles. The lowest BCUT2D eigenvalue weighted by molar-refractivity contribution is -0.150. The van der Waals surface area contributed by atoms with E-state index in [1.54, 1.807) is 0 Å². The molecule has 0 spiro atoms. The van der Waals surface area contributed by atoms with E-state index in [9.17, 15) is 27.6 Å². The monoisotopic (exact) mass is 422 g/mol. The number of carbonyl (C=O) groups is 3. The summed E-state index contributed by atoms with van der Waals surface area (Å²) in [6.07, 6.45) is 0. The van der Waals surface area contributed by atoms with Crippen molar-refractivity contribution in [3.63, 3.8) is 0 Å². The Kier molecular flexibility index (Phi) is 9.47. The van der Waals surface area contributed by atoms with Crippen molar-refractivity contribution in [1.82, 2.24) is 21.3 Å². The summed E-state index contributed by atoms with van der Waals surface area (Å²) in [5, 5.41) is 7.10. The van der Waals surface area contributed by atoms with Crippen LogP contribution < -0.4 is 21.3 Å². The summed E-state index contributed by atoms with van der Waals surface area (Å²) < 4.78 is 43.5. The standard InChI is InChI=1S/C12H21F3N4O3S3/c1-3-17-10(13,4-23)8(21)18-12(15,6-25)9(22)19-11(14,5-24)7(20)16-2/h17,23-25H,3-6H2,1-2H3,(H,16,20)(H,18,21)(H,19,22)/t10-,11?,12+/m1/s1. The smallest absolute Gasteiger partial charge is 0.282 e. The maximum absolute atomic E-state index is 14.7. The van der Waals surface area contributed by atoms with E-state index in [1.807, 2.05) is 5.32 Å². The van der Waals surface area contributed by atoms with Crippen molar-refractivity contribution in [3.8, 4) is 0 Å². The second-order valence-electron chi connectivity index (χ2n) is 4.90. The molecule has 146 valence electrons. The predicted octanol–water partition coefficient (Wildman–Crippen LogP) is -0.639. The van der Waals surface area contributed by atoms with Crippen LogP contribution in [0.15, 0.2) is 0 Å². The first-order valence-electron chi connectivity index (χ1n) is 7.00. The molecule has 25 heavy (non-hydrogen) atoms. The van der Waals surface area contributed by atoms with Crippen LogP contribution in [0.5, 0.6) is 0 Å². The molecule has 0 aliphatic carbocycles. The molecule has 0 aromatic rings. The van der Waals surface area contributed by atoms with E-state index in [0.717, 1.165) is 7.05 Å². The maximum Gasteiger partial charge on any atom is 0.282 e. The summed E-state index contributed by atoms with van der Waals surface area (Å²) >= 11 is 10.8. The van der Waals surface area contributed by atoms with E-state index in [1.165, 1.54) is 17.6 Å². The van der Waals surface area contributed by atoms with E-state index in [2.05, 4.69) is 43.2 Å². The van der Waals surface area contributed by atoms with E-state index >= 15 is 0 Å². The number of carbonyl (C=O) groups excluding carboxylic acids is 3. The number of hydrogen-bond donors (Lipinski definition) is 7. The number of rotatable bonds is 10. The maximum atomic E-state index is 14.7. The lowest BCUT2D eigenvalue weighted by Gasteiger charge is -2.31. The number of halogens is 3. The highest BCUT2D eigenvalue weighted by atomic mass is 32.1. The Morgan fingerprint density at radius 3 is 1.48 bits per heavy atom. The first kappa shape index (κ1) is 24.2. The van der Waals surface area contributed by atoms with Crippen LogP contribution in [0.4, 0.5) is 13.2 Å². The van der Waals surface area contributed by atoms with Crippen molar-refractivity contribution in [2.24, 2.45) is 0 Å². The van der Waals surface area contributed by atoms with Crippen molar-refractivity contribution in [2.75, 3.05) is 30.9 Å². The quantitative estimate of drug-likeness (QED) is 0.188. The van der Waals surface area contributed by atoms with Crippen molar-refractivity contribution >= 4 is 55.6 Å². The van der Waals surface area contributed by atoms with Gasteiger partial charge in [0.1, 0.15) is 0 Å². The Hall–Kier alpha value is -0.790. The molecule has 0 bridgehead atoms. The largest absolute Gasteiger partial charge is 0.355 e. The average molecular weight is 423 g/mol. The summed E-state index contributed by atoms with van der Waals surface area (Å²) in [5.41, 5.74) is 0. The minimum atomic E-state index is -3.29. The Morgan fingerprint density at radius 1 is 0.800 bits per heavy atom. The molecule has 0 radical (unpaired) electrons. The first-order valence-corrected chi connectivity index (χ1v) is 8.90. The van der Waals surface area contributed by atoms with Crippen LogP contribution in [0.3, 0.4) is 0 Å². The Bertz CT molecular complexity index is 519. The first-order chi connectivity index (χ1) is 11.5. The van der Waals surface area contributed by atoms with Crippen molar-refractivity contribution in [2.45, 2.75) is 24.3 Å². The molecule has 0 saturated heterocycles. The molecule has 3 atom stereocenters. The molecule has 3 amide bonds. The van der Waals surface area contributed by atoms with Gasteiger partial charge in [0.2, 0.25) is 5.79 Å². The van der Waals surface area contributed by atoms with Crippen LogP contribution in [0, 0.1) is 0 Å². The number of amides is 3. The molecule has 4 N–H and O–H groups in total. The zero-order valence-electron chi connectivity index (χ0n) is 13.5. The van der Waals surface area contributed by atoms with Crippen LogP contribution in [0.2, 0.25) is 0 Å². The van der Waals surface area contributed by atoms with Crippen LogP contribution >= 0.6 is 37.9 Å². The van der Waals surface area contributed by atoms with Crippen LogP contribution in [-0.4, -0.2) is 66.0 Å². The molecule has 0 aromatic carbocycles. The lowest BCUT2D eigenvalue weighted by Crippen LogP contribution is -2.68. The topological polar surface area (TPSA) is 99.3 Å². The summed E-state index contributed by atoms with van der Waals surface area (Å²) in [6, 6.07) is 0. The van der Waals surface area contributed by atoms with Gasteiger partial charge in [-0.25, -0.2) is 13.2 Å². The van der Waals surface area contributed by atoms with E-state index in [0.29, 0.717) is 0 Å². The van der Waals surface area contributed by atoms with Crippen molar-refractivity contribution in [3.05, 3.63) is 0 Å². The van der Waals surface area contributed by atoms with E-state index in [4.69, 9.17) is 0 Å². The SMILES string of the molecule is CCN[C@](F)(CS)C(=O)N[C@@](F)(CS)C(=O)NC(F)(CS)C(=O)NC. The van der Waals surface area contributed by atoms with Gasteiger partial charge in [-0.05, 0) is 6.54 Å². The highest BCUT2D eigenvalue weighted by Crippen LogP contribution is 2.18. The highest BCUT2D eigenvalue weighted by Gasteiger charge is 2.49. The fourth-order valence-electron chi connectivity index (χ4n) is 1.58. The van der Waals surface area contributed by atoms with Gasteiger partial charge in [0, 0.05) is 12.8 Å². The van der Waals surface area contributed by atoms with Gasteiger partial charge in [-0.2, -0.15) is 37.9 Å². The van der Waals surface area contributed by atoms with E-state index in [-0.39, 0.29) is 6.54 Å².